The molecule has 10 rings (SSSR count). The highest BCUT2D eigenvalue weighted by Crippen LogP contribution is 2.40. The van der Waals surface area contributed by atoms with E-state index in [1.54, 1.807) is 49.7 Å². The summed E-state index contributed by atoms with van der Waals surface area (Å²) in [7, 11) is 4.60. The molecule has 0 spiro atoms. The van der Waals surface area contributed by atoms with Crippen LogP contribution < -0.4 is 10.1 Å². The molecule has 630 valence electrons. The molecule has 28 nitrogen and oxygen atoms in total. The van der Waals surface area contributed by atoms with Gasteiger partial charge in [-0.2, -0.15) is 11.8 Å². The highest BCUT2D eigenvalue weighted by atomic mass is 32.2. The number of esters is 1. The second kappa shape index (κ2) is 44.0. The third-order valence-corrected chi connectivity index (χ3v) is 24.1. The number of thioether (sulfide) groups is 1. The summed E-state index contributed by atoms with van der Waals surface area (Å²) in [4.78, 5) is 80.0. The Morgan fingerprint density at radius 3 is 2.30 bits per heavy atom. The zero-order valence-corrected chi connectivity index (χ0v) is 69.1. The van der Waals surface area contributed by atoms with E-state index in [-0.39, 0.29) is 61.7 Å². The van der Waals surface area contributed by atoms with Gasteiger partial charge in [0.05, 0.1) is 113 Å². The normalized spacial score (nSPS) is 27.4. The van der Waals surface area contributed by atoms with Crippen molar-refractivity contribution in [1.82, 2.24) is 44.8 Å². The van der Waals surface area contributed by atoms with Gasteiger partial charge < -0.3 is 82.0 Å². The number of morpholine rings is 1. The van der Waals surface area contributed by atoms with Crippen molar-refractivity contribution in [1.29, 1.82) is 0 Å². The van der Waals surface area contributed by atoms with E-state index in [9.17, 15) is 39.3 Å². The van der Waals surface area contributed by atoms with Gasteiger partial charge >= 0.3 is 5.97 Å². The van der Waals surface area contributed by atoms with Crippen LogP contribution in [-0.2, 0) is 99.1 Å². The largest absolute Gasteiger partial charge is 0.484 e. The number of amides is 2. The number of nitrogens with one attached hydrogen (secondary N) is 1. The van der Waals surface area contributed by atoms with E-state index in [1.807, 2.05) is 52.8 Å². The lowest BCUT2D eigenvalue weighted by molar-refractivity contribution is -0.302. The van der Waals surface area contributed by atoms with Gasteiger partial charge in [0.1, 0.15) is 47.9 Å². The Bertz CT molecular complexity index is 3980. The molecule has 3 saturated heterocycles. The predicted molar refractivity (Wildman–Crippen MR) is 425 cm³/mol. The molecule has 4 fully saturated rings. The highest BCUT2D eigenvalue weighted by molar-refractivity contribution is 7.99. The van der Waals surface area contributed by atoms with Gasteiger partial charge in [-0.1, -0.05) is 61.0 Å². The first kappa shape index (κ1) is 89.4. The number of ether oxygens (including phenoxy) is 10. The molecule has 1 aliphatic carbocycles. The van der Waals surface area contributed by atoms with Gasteiger partial charge in [-0.15, -0.1) is 5.10 Å². The number of halogens is 1. The number of benzene rings is 2. The van der Waals surface area contributed by atoms with E-state index in [4.69, 9.17) is 56.9 Å². The lowest BCUT2D eigenvalue weighted by Gasteiger charge is -2.47. The van der Waals surface area contributed by atoms with Gasteiger partial charge in [-0.3, -0.25) is 24.1 Å². The van der Waals surface area contributed by atoms with Crippen molar-refractivity contribution in [2.45, 2.75) is 219 Å². The first-order valence-corrected chi connectivity index (χ1v) is 42.0. The lowest BCUT2D eigenvalue weighted by Crippen LogP contribution is -2.64. The minimum absolute atomic E-state index is 0.0352. The first-order valence-electron chi connectivity index (χ1n) is 40.8. The number of ketones is 2. The summed E-state index contributed by atoms with van der Waals surface area (Å²) < 4.78 is 83.8. The van der Waals surface area contributed by atoms with Crippen molar-refractivity contribution in [2.24, 2.45) is 29.6 Å². The number of aliphatic hydroxyl groups is 3. The molecular formula is C84H122FN9O19S. The summed E-state index contributed by atoms with van der Waals surface area (Å²) in [6.45, 7) is 20.8. The van der Waals surface area contributed by atoms with Crippen LogP contribution in [0.4, 0.5) is 4.39 Å². The number of imidazole rings is 1. The number of Topliss-reactive ketones (excluding diaryl/α,β-unsaturated/α-hetero) is 2. The summed E-state index contributed by atoms with van der Waals surface area (Å²) in [6.07, 6.45) is 6.45. The minimum atomic E-state index is -2.57. The molecule has 5 aliphatic rings. The number of carbonyl (C=O) groups is 5. The molecule has 2 aromatic carbocycles. The zero-order chi connectivity index (χ0) is 81.4. The number of piperidine rings is 1. The number of allylic oxidation sites excluding steroid dienone is 3. The van der Waals surface area contributed by atoms with Crippen LogP contribution in [0.5, 0.6) is 5.75 Å². The Morgan fingerprint density at radius 2 is 1.56 bits per heavy atom. The Kier molecular flexibility index (Phi) is 34.6. The van der Waals surface area contributed by atoms with Crippen LogP contribution in [-0.4, -0.2) is 257 Å². The molecule has 4 N–H and O–H groups in total. The predicted octanol–water partition coefficient (Wildman–Crippen LogP) is 8.88. The maximum Gasteiger partial charge on any atom is 0.329 e. The van der Waals surface area contributed by atoms with E-state index < -0.39 is 95.8 Å². The van der Waals surface area contributed by atoms with Crippen molar-refractivity contribution in [3.05, 3.63) is 100 Å². The van der Waals surface area contributed by atoms with Gasteiger partial charge in [-0.25, -0.2) is 18.9 Å². The van der Waals surface area contributed by atoms with Crippen molar-refractivity contribution in [3.63, 3.8) is 0 Å². The van der Waals surface area contributed by atoms with Gasteiger partial charge in [0.15, 0.2) is 11.6 Å². The molecule has 2 unspecified atom stereocenters. The van der Waals surface area contributed by atoms with E-state index in [0.717, 1.165) is 90.0 Å². The molecule has 7 heterocycles. The summed E-state index contributed by atoms with van der Waals surface area (Å²) in [6, 6.07) is 10.2. The second-order valence-electron chi connectivity index (χ2n) is 31.5. The SMILES string of the molecule is COC1C[C@@H](C)C/C(C)=C\[C@@H](CCCSCCC(=O)NCCOCCOCCOCCn2cc(COc3ccc(CCc4nc5cc(-c6c(C)noc6C)ccc5n4CCN4CCOCC4)cc3F)nn2)C(=O)C[C@H](O)[C@@H](C)C(/C(C)=C/[C@@H]2CC[C@@H](O)[C@H](OC)C2)OC(=O)[C@@H]2CCCCN2C(=O)C(=O)[C@]2(O)O[C@H]1[C@@H](OC)C[C@H]2C. The Labute approximate surface area is 673 Å². The second-order valence-corrected chi connectivity index (χ2v) is 32.7. The highest BCUT2D eigenvalue weighted by Gasteiger charge is 2.57. The van der Waals surface area contributed by atoms with Crippen molar-refractivity contribution >= 4 is 52.1 Å². The standard InChI is InChI=1S/C84H122FN9O19S/c1-53-42-54(2)44-74(104-9)80-75(105-10)46-56(4)84(102,112-80)81(99)82(100)94-26-12-11-15-68(94)83(101)111-79(55(3)45-61-16-21-69(95)73(48-61)103-8)57(5)70(96)50-71(97)62(43-53)14-13-40-114-41-24-77(98)86-25-32-106-36-38-109-39-37-108-35-31-92-51-64(88-90-92)52-110-72-22-17-60(47-65(72)85)18-23-76-87-66-49-63(78-58(6)89-113-59(78)7)19-20-67(66)93(76)28-27-91-29-33-107-34-30-91/h17,19-20,22,43,45,47,49,51,54,56-57,61-62,68-70,73-75,79-80,95-96,102H,11-16,18,21,23-42,44,46,48,50,52H2,1-10H3,(H,86,98)/b53-43-,55-45+/t54-,56+,57+,61-,62+,68-,69+,70-,73+,74?,75-,79?,80+,84+/m0/s1. The molecule has 14 atom stereocenters. The van der Waals surface area contributed by atoms with Crippen LogP contribution in [0.25, 0.3) is 22.2 Å². The fourth-order valence-corrected chi connectivity index (χ4v) is 17.4. The maximum atomic E-state index is 15.6. The first-order chi connectivity index (χ1) is 54.9. The number of aliphatic hydroxyl groups excluding tert-OH is 2. The van der Waals surface area contributed by atoms with Crippen LogP contribution in [0.2, 0.25) is 0 Å². The topological polar surface area (TPSA) is 331 Å². The van der Waals surface area contributed by atoms with Crippen molar-refractivity contribution in [3.8, 4) is 16.9 Å². The van der Waals surface area contributed by atoms with E-state index in [0.29, 0.717) is 153 Å². The average molecular weight is 1610 g/mol. The fourth-order valence-electron chi connectivity index (χ4n) is 16.5. The van der Waals surface area contributed by atoms with Gasteiger partial charge in [0.2, 0.25) is 11.7 Å². The van der Waals surface area contributed by atoms with Crippen LogP contribution in [0.1, 0.15) is 147 Å². The Hall–Kier alpha value is -6.91. The maximum absolute atomic E-state index is 15.6. The number of methoxy groups -OCH3 is 3. The van der Waals surface area contributed by atoms with Crippen LogP contribution in [0, 0.1) is 49.3 Å². The number of carbonyl (C=O) groups excluding carboxylic acids is 5. The zero-order valence-electron chi connectivity index (χ0n) is 68.3. The summed E-state index contributed by atoms with van der Waals surface area (Å²) in [5, 5.41) is 50.5. The van der Waals surface area contributed by atoms with Crippen molar-refractivity contribution < 1.29 is 95.6 Å². The van der Waals surface area contributed by atoms with Gasteiger partial charge in [0, 0.05) is 109 Å². The fraction of sp³-hybridized carbons (Fsp3) is 0.679. The third-order valence-electron chi connectivity index (χ3n) is 23.0. The van der Waals surface area contributed by atoms with Gasteiger partial charge in [0.25, 0.3) is 11.7 Å². The molecule has 0 radical (unpaired) electrons. The molecule has 4 aliphatic heterocycles. The lowest BCUT2D eigenvalue weighted by atomic mass is 9.81. The van der Waals surface area contributed by atoms with Crippen LogP contribution in [0.15, 0.2) is 70.4 Å². The molecule has 114 heavy (non-hydrogen) atoms. The molecule has 1 saturated carbocycles. The molecule has 30 heteroatoms. The summed E-state index contributed by atoms with van der Waals surface area (Å²) in [5.41, 5.74) is 7.67. The quantitative estimate of drug-likeness (QED) is 0.0129. The summed E-state index contributed by atoms with van der Waals surface area (Å²) in [5.74, 6) is -5.71. The monoisotopic (exact) mass is 1610 g/mol. The van der Waals surface area contributed by atoms with E-state index >= 15 is 4.39 Å². The number of aryl methyl sites for hydroxylation is 4. The number of hydrogen-bond donors (Lipinski definition) is 4. The number of nitrogens with zero attached hydrogens (tertiary/aromatic N) is 8. The molecule has 3 aromatic heterocycles. The van der Waals surface area contributed by atoms with Crippen LogP contribution >= 0.6 is 11.8 Å². The van der Waals surface area contributed by atoms with Gasteiger partial charge in [-0.05, 0) is 163 Å². The average Bonchev–Trinajstić information content (AvgIpc) is 0.796. The number of fused-ring (bicyclic) bond motifs is 4. The van der Waals surface area contributed by atoms with Crippen molar-refractivity contribution in [2.75, 3.05) is 118 Å². The Balaban J connectivity index is 0.626. The number of rotatable bonds is 34. The molecule has 2 amide bonds. The molecule has 5 aromatic rings. The molecule has 2 bridgehead atoms. The molecular weight excluding hydrogens is 1490 g/mol. The third kappa shape index (κ3) is 24.6. The summed E-state index contributed by atoms with van der Waals surface area (Å²) >= 11 is 1.61. The van der Waals surface area contributed by atoms with E-state index in [2.05, 4.69) is 48.5 Å². The number of hydrogen-bond acceptors (Lipinski definition) is 25. The van der Waals surface area contributed by atoms with E-state index in [1.165, 1.54) is 25.2 Å². The number of cyclic esters (lactones) is 1. The minimum Gasteiger partial charge on any atom is -0.484 e. The smallest absolute Gasteiger partial charge is 0.329 e. The Morgan fingerprint density at radius 1 is 0.816 bits per heavy atom. The van der Waals surface area contributed by atoms with Crippen LogP contribution in [0.3, 0.4) is 0 Å². The number of aromatic nitrogens is 6.